The van der Waals surface area contributed by atoms with Gasteiger partial charge in [0.2, 0.25) is 0 Å². The quantitative estimate of drug-likeness (QED) is 0.875. The summed E-state index contributed by atoms with van der Waals surface area (Å²) < 4.78 is 1.65. The van der Waals surface area contributed by atoms with Crippen LogP contribution in [-0.2, 0) is 0 Å². The Hall–Kier alpha value is -2.01. The molecular weight excluding hydrogens is 264 g/mol. The highest BCUT2D eigenvalue weighted by molar-refractivity contribution is 5.99. The minimum absolute atomic E-state index is 0.144. The molecule has 110 valence electrons. The number of para-hydroxylation sites is 1. The fraction of sp³-hybridized carbons (Fsp3) is 0.438. The minimum Gasteiger partial charge on any atom is -0.316 e. The maximum absolute atomic E-state index is 13.1. The number of carbonyl (C=O) groups excluding carboxylic acids is 1. The van der Waals surface area contributed by atoms with Crippen LogP contribution >= 0.6 is 0 Å². The maximum atomic E-state index is 13.1. The molecule has 1 fully saturated rings. The topological polar surface area (TPSA) is 59.8 Å². The van der Waals surface area contributed by atoms with Crippen LogP contribution in [0.1, 0.15) is 36.7 Å². The van der Waals surface area contributed by atoms with Gasteiger partial charge in [0.1, 0.15) is 5.69 Å². The number of rotatable bonds is 4. The highest BCUT2D eigenvalue weighted by Crippen LogP contribution is 2.34. The molecule has 0 bridgehead atoms. The first-order valence-corrected chi connectivity index (χ1v) is 7.48. The van der Waals surface area contributed by atoms with Crippen molar-refractivity contribution in [1.29, 1.82) is 0 Å². The molecule has 2 aromatic rings. The molecule has 0 amide bonds. The highest BCUT2D eigenvalue weighted by Gasteiger charge is 2.40. The number of benzene rings is 1. The summed E-state index contributed by atoms with van der Waals surface area (Å²) >= 11 is 0. The van der Waals surface area contributed by atoms with E-state index >= 15 is 0 Å². The molecule has 1 aliphatic rings. The fourth-order valence-electron chi connectivity index (χ4n) is 3.05. The molecule has 1 atom stereocenters. The van der Waals surface area contributed by atoms with Gasteiger partial charge in [0.15, 0.2) is 5.78 Å². The molecule has 3 rings (SSSR count). The van der Waals surface area contributed by atoms with Crippen LogP contribution in [0.4, 0.5) is 0 Å². The van der Waals surface area contributed by atoms with Crippen LogP contribution in [0.5, 0.6) is 0 Å². The zero-order valence-corrected chi connectivity index (χ0v) is 12.2. The molecule has 0 spiro atoms. The molecule has 1 N–H and O–H groups in total. The second-order valence-electron chi connectivity index (χ2n) is 5.61. The summed E-state index contributed by atoms with van der Waals surface area (Å²) in [5.74, 6) is 0.144. The molecule has 5 heteroatoms. The van der Waals surface area contributed by atoms with Gasteiger partial charge in [-0.25, -0.2) is 4.68 Å². The molecule has 1 saturated heterocycles. The van der Waals surface area contributed by atoms with E-state index in [0.717, 1.165) is 38.0 Å². The number of hydrogen-bond acceptors (Lipinski definition) is 4. The summed E-state index contributed by atoms with van der Waals surface area (Å²) in [5, 5.41) is 11.4. The third kappa shape index (κ3) is 2.49. The van der Waals surface area contributed by atoms with E-state index < -0.39 is 0 Å². The summed E-state index contributed by atoms with van der Waals surface area (Å²) in [6.07, 6.45) is 4.38. The minimum atomic E-state index is -0.327. The smallest absolute Gasteiger partial charge is 0.190 e. The van der Waals surface area contributed by atoms with Crippen molar-refractivity contribution in [3.8, 4) is 5.69 Å². The van der Waals surface area contributed by atoms with Crippen molar-refractivity contribution < 1.29 is 4.79 Å². The second kappa shape index (κ2) is 5.77. The van der Waals surface area contributed by atoms with Crippen molar-refractivity contribution in [3.05, 3.63) is 42.2 Å². The third-order valence-electron chi connectivity index (χ3n) is 4.41. The van der Waals surface area contributed by atoms with Gasteiger partial charge in [-0.3, -0.25) is 4.79 Å². The van der Waals surface area contributed by atoms with E-state index in [-0.39, 0.29) is 11.2 Å². The Kier molecular flexibility index (Phi) is 3.84. The van der Waals surface area contributed by atoms with E-state index in [0.29, 0.717) is 5.69 Å². The number of nitrogens with zero attached hydrogens (tertiary/aromatic N) is 3. The van der Waals surface area contributed by atoms with Crippen LogP contribution in [-0.4, -0.2) is 33.9 Å². The number of ketones is 1. The number of piperidine rings is 1. The van der Waals surface area contributed by atoms with Crippen molar-refractivity contribution in [2.45, 2.75) is 26.2 Å². The van der Waals surface area contributed by atoms with Gasteiger partial charge in [-0.15, -0.1) is 5.10 Å². The summed E-state index contributed by atoms with van der Waals surface area (Å²) in [6, 6.07) is 9.68. The lowest BCUT2D eigenvalue weighted by atomic mass is 9.74. The Morgan fingerprint density at radius 1 is 1.38 bits per heavy atom. The molecule has 0 aliphatic carbocycles. The SMILES string of the molecule is CCC1(C(=O)c2cnnn2-c2ccccc2)CCCNC1. The predicted molar refractivity (Wildman–Crippen MR) is 80.5 cm³/mol. The Balaban J connectivity index is 1.97. The third-order valence-corrected chi connectivity index (χ3v) is 4.41. The lowest BCUT2D eigenvalue weighted by molar-refractivity contribution is 0.0721. The first kappa shape index (κ1) is 13.9. The molecule has 1 aromatic heterocycles. The maximum Gasteiger partial charge on any atom is 0.190 e. The normalized spacial score (nSPS) is 22.1. The van der Waals surface area contributed by atoms with E-state index in [1.807, 2.05) is 30.3 Å². The van der Waals surface area contributed by atoms with Crippen molar-refractivity contribution in [1.82, 2.24) is 20.3 Å². The van der Waals surface area contributed by atoms with Gasteiger partial charge < -0.3 is 5.32 Å². The van der Waals surface area contributed by atoms with E-state index in [1.165, 1.54) is 0 Å². The van der Waals surface area contributed by atoms with Crippen LogP contribution in [0.2, 0.25) is 0 Å². The summed E-state index contributed by atoms with van der Waals surface area (Å²) in [6.45, 7) is 3.81. The Morgan fingerprint density at radius 2 is 2.19 bits per heavy atom. The van der Waals surface area contributed by atoms with E-state index in [2.05, 4.69) is 22.6 Å². The average molecular weight is 284 g/mol. The summed E-state index contributed by atoms with van der Waals surface area (Å²) in [7, 11) is 0. The van der Waals surface area contributed by atoms with Gasteiger partial charge in [-0.1, -0.05) is 30.3 Å². The average Bonchev–Trinajstić information content (AvgIpc) is 3.05. The number of Topliss-reactive ketones (excluding diaryl/α,β-unsaturated/α-hetero) is 1. The van der Waals surface area contributed by atoms with Crippen LogP contribution in [0.15, 0.2) is 36.5 Å². The zero-order chi connectivity index (χ0) is 14.7. The molecule has 0 saturated carbocycles. The molecule has 5 nitrogen and oxygen atoms in total. The van der Waals surface area contributed by atoms with E-state index in [9.17, 15) is 4.79 Å². The van der Waals surface area contributed by atoms with Gasteiger partial charge in [0.25, 0.3) is 0 Å². The molecule has 1 unspecified atom stereocenters. The Morgan fingerprint density at radius 3 is 2.86 bits per heavy atom. The largest absolute Gasteiger partial charge is 0.316 e. The lowest BCUT2D eigenvalue weighted by Crippen LogP contribution is -2.45. The van der Waals surface area contributed by atoms with Gasteiger partial charge in [-0.2, -0.15) is 0 Å². The van der Waals surface area contributed by atoms with Gasteiger partial charge in [0.05, 0.1) is 11.9 Å². The van der Waals surface area contributed by atoms with Gasteiger partial charge >= 0.3 is 0 Å². The van der Waals surface area contributed by atoms with Gasteiger partial charge in [-0.05, 0) is 37.9 Å². The molecule has 1 aromatic carbocycles. The van der Waals surface area contributed by atoms with Crippen molar-refractivity contribution in [2.24, 2.45) is 5.41 Å². The summed E-state index contributed by atoms with van der Waals surface area (Å²) in [5.41, 5.74) is 1.12. The Labute approximate surface area is 124 Å². The molecule has 2 heterocycles. The van der Waals surface area contributed by atoms with Crippen molar-refractivity contribution in [2.75, 3.05) is 13.1 Å². The highest BCUT2D eigenvalue weighted by atomic mass is 16.1. The fourth-order valence-corrected chi connectivity index (χ4v) is 3.05. The lowest BCUT2D eigenvalue weighted by Gasteiger charge is -2.35. The van der Waals surface area contributed by atoms with E-state index in [1.54, 1.807) is 10.9 Å². The summed E-state index contributed by atoms with van der Waals surface area (Å²) in [4.78, 5) is 13.1. The number of aromatic nitrogens is 3. The van der Waals surface area contributed by atoms with E-state index in [4.69, 9.17) is 0 Å². The van der Waals surface area contributed by atoms with Crippen LogP contribution in [0.3, 0.4) is 0 Å². The van der Waals surface area contributed by atoms with Crippen LogP contribution in [0.25, 0.3) is 5.69 Å². The number of nitrogens with one attached hydrogen (secondary N) is 1. The predicted octanol–water partition coefficient (Wildman–Crippen LogP) is 2.23. The van der Waals surface area contributed by atoms with Gasteiger partial charge in [0, 0.05) is 12.0 Å². The monoisotopic (exact) mass is 284 g/mol. The second-order valence-corrected chi connectivity index (χ2v) is 5.61. The van der Waals surface area contributed by atoms with Crippen molar-refractivity contribution in [3.63, 3.8) is 0 Å². The number of hydrogen-bond donors (Lipinski definition) is 1. The zero-order valence-electron chi connectivity index (χ0n) is 12.2. The molecule has 1 aliphatic heterocycles. The molecule has 0 radical (unpaired) electrons. The molecular formula is C16H20N4O. The number of carbonyl (C=O) groups is 1. The Bertz CT molecular complexity index is 614. The molecule has 21 heavy (non-hydrogen) atoms. The van der Waals surface area contributed by atoms with Crippen LogP contribution in [0, 0.1) is 5.41 Å². The first-order valence-electron chi connectivity index (χ1n) is 7.48. The van der Waals surface area contributed by atoms with Crippen molar-refractivity contribution >= 4 is 5.78 Å². The standard InChI is InChI=1S/C16H20N4O/c1-2-16(9-6-10-17-12-16)15(21)14-11-18-19-20(14)13-7-4-3-5-8-13/h3-5,7-8,11,17H,2,6,9-10,12H2,1H3. The van der Waals surface area contributed by atoms with Crippen LogP contribution < -0.4 is 5.32 Å². The first-order chi connectivity index (χ1) is 10.3.